The molecule has 3 rings (SSSR count). The van der Waals surface area contributed by atoms with Crippen LogP contribution in [-0.2, 0) is 4.74 Å². The first-order valence-electron chi connectivity index (χ1n) is 8.37. The molecular weight excluding hydrogens is 292 g/mol. The Labute approximate surface area is 137 Å². The van der Waals surface area contributed by atoms with Crippen molar-refractivity contribution in [2.24, 2.45) is 5.92 Å². The molecule has 0 aliphatic carbocycles. The van der Waals surface area contributed by atoms with Gasteiger partial charge in [-0.1, -0.05) is 6.07 Å². The van der Waals surface area contributed by atoms with Crippen molar-refractivity contribution in [1.29, 1.82) is 0 Å². The maximum atomic E-state index is 12.5. The van der Waals surface area contributed by atoms with E-state index in [2.05, 4.69) is 5.32 Å². The quantitative estimate of drug-likeness (QED) is 0.908. The van der Waals surface area contributed by atoms with Gasteiger partial charge in [0.1, 0.15) is 11.4 Å². The maximum absolute atomic E-state index is 12.5. The Balaban J connectivity index is 1.60. The van der Waals surface area contributed by atoms with Crippen LogP contribution in [-0.4, -0.2) is 42.3 Å². The Morgan fingerprint density at radius 1 is 1.35 bits per heavy atom. The summed E-state index contributed by atoms with van der Waals surface area (Å²) in [6, 6.07) is 7.52. The largest absolute Gasteiger partial charge is 0.488 e. The van der Waals surface area contributed by atoms with E-state index in [1.807, 2.05) is 49.9 Å². The van der Waals surface area contributed by atoms with Crippen LogP contribution in [0.5, 0.6) is 5.75 Å². The van der Waals surface area contributed by atoms with Crippen molar-refractivity contribution in [2.75, 3.05) is 25.0 Å². The van der Waals surface area contributed by atoms with Crippen LogP contribution < -0.4 is 10.1 Å². The number of urea groups is 1. The topological polar surface area (TPSA) is 50.8 Å². The fourth-order valence-corrected chi connectivity index (χ4v) is 3.26. The van der Waals surface area contributed by atoms with Gasteiger partial charge < -0.3 is 19.7 Å². The zero-order chi connectivity index (χ0) is 16.4. The molecule has 0 saturated carbocycles. The van der Waals surface area contributed by atoms with Gasteiger partial charge >= 0.3 is 6.03 Å². The lowest BCUT2D eigenvalue weighted by molar-refractivity contribution is 0.0469. The summed E-state index contributed by atoms with van der Waals surface area (Å²) in [4.78, 5) is 14.4. The van der Waals surface area contributed by atoms with Crippen molar-refractivity contribution in [3.05, 3.63) is 24.3 Å². The second-order valence-electron chi connectivity index (χ2n) is 7.37. The summed E-state index contributed by atoms with van der Waals surface area (Å²) in [5.74, 6) is 1.25. The number of benzene rings is 1. The molecule has 5 nitrogen and oxygen atoms in total. The summed E-state index contributed by atoms with van der Waals surface area (Å²) >= 11 is 0. The smallest absolute Gasteiger partial charge is 0.321 e. The molecule has 2 amide bonds. The molecule has 0 radical (unpaired) electrons. The van der Waals surface area contributed by atoms with Gasteiger partial charge in [0.05, 0.1) is 6.10 Å². The Bertz CT molecular complexity index is 568. The van der Waals surface area contributed by atoms with Crippen molar-refractivity contribution < 1.29 is 14.3 Å². The molecule has 1 aromatic carbocycles. The fourth-order valence-electron chi connectivity index (χ4n) is 3.26. The van der Waals surface area contributed by atoms with E-state index in [1.165, 1.54) is 0 Å². The standard InChI is InChI=1S/C18H26N2O3/c1-18(2,3)23-15-6-4-5-14(11-15)19-17(21)20-9-7-16-13(12-20)8-10-22-16/h4-6,11,13,16H,7-10,12H2,1-3H3,(H,19,21)/t13-,16+/m1/s1. The van der Waals surface area contributed by atoms with Crippen LogP contribution in [0.4, 0.5) is 10.5 Å². The van der Waals surface area contributed by atoms with Crippen molar-refractivity contribution >= 4 is 11.7 Å². The number of amides is 2. The highest BCUT2D eigenvalue weighted by Gasteiger charge is 2.35. The highest BCUT2D eigenvalue weighted by atomic mass is 16.5. The molecular formula is C18H26N2O3. The normalized spacial score (nSPS) is 24.2. The molecule has 2 aliphatic heterocycles. The number of nitrogens with one attached hydrogen (secondary N) is 1. The predicted octanol–water partition coefficient (Wildman–Crippen LogP) is 3.51. The van der Waals surface area contributed by atoms with E-state index in [9.17, 15) is 4.79 Å². The number of likely N-dealkylation sites (tertiary alicyclic amines) is 1. The van der Waals surface area contributed by atoms with Crippen LogP contribution >= 0.6 is 0 Å². The lowest BCUT2D eigenvalue weighted by atomic mass is 9.94. The van der Waals surface area contributed by atoms with Gasteiger partial charge in [-0.05, 0) is 45.7 Å². The van der Waals surface area contributed by atoms with Crippen molar-refractivity contribution in [3.63, 3.8) is 0 Å². The van der Waals surface area contributed by atoms with E-state index in [0.29, 0.717) is 12.0 Å². The molecule has 5 heteroatoms. The molecule has 23 heavy (non-hydrogen) atoms. The molecule has 2 heterocycles. The van der Waals surface area contributed by atoms with Gasteiger partial charge in [-0.25, -0.2) is 4.79 Å². The Morgan fingerprint density at radius 3 is 2.96 bits per heavy atom. The first kappa shape index (κ1) is 16.1. The molecule has 2 atom stereocenters. The SMILES string of the molecule is CC(C)(C)Oc1cccc(NC(=O)N2CC[C@@H]3OCC[C@@H]3C2)c1. The highest BCUT2D eigenvalue weighted by Crippen LogP contribution is 2.29. The Kier molecular flexibility index (Phi) is 4.48. The third-order valence-electron chi connectivity index (χ3n) is 4.28. The summed E-state index contributed by atoms with van der Waals surface area (Å²) < 4.78 is 11.5. The van der Waals surface area contributed by atoms with Gasteiger partial charge in [0.25, 0.3) is 0 Å². The molecule has 1 N–H and O–H groups in total. The maximum Gasteiger partial charge on any atom is 0.321 e. The third-order valence-corrected chi connectivity index (χ3v) is 4.28. The number of ether oxygens (including phenoxy) is 2. The van der Waals surface area contributed by atoms with Gasteiger partial charge in [0.15, 0.2) is 0 Å². The number of rotatable bonds is 2. The van der Waals surface area contributed by atoms with Crippen LogP contribution in [0.1, 0.15) is 33.6 Å². The van der Waals surface area contributed by atoms with Crippen LogP contribution in [0.15, 0.2) is 24.3 Å². The zero-order valence-electron chi connectivity index (χ0n) is 14.2. The fraction of sp³-hybridized carbons (Fsp3) is 0.611. The molecule has 0 unspecified atom stereocenters. The third kappa shape index (κ3) is 4.16. The van der Waals surface area contributed by atoms with Gasteiger partial charge in [0, 0.05) is 37.4 Å². The first-order chi connectivity index (χ1) is 10.9. The van der Waals surface area contributed by atoms with Crippen LogP contribution in [0, 0.1) is 5.92 Å². The van der Waals surface area contributed by atoms with Crippen molar-refractivity contribution in [1.82, 2.24) is 4.90 Å². The summed E-state index contributed by atoms with van der Waals surface area (Å²) in [5, 5.41) is 2.98. The minimum absolute atomic E-state index is 0.0386. The van der Waals surface area contributed by atoms with Crippen molar-refractivity contribution in [3.8, 4) is 5.75 Å². The van der Waals surface area contributed by atoms with E-state index < -0.39 is 0 Å². The van der Waals surface area contributed by atoms with Gasteiger partial charge in [-0.3, -0.25) is 0 Å². The molecule has 126 valence electrons. The molecule has 2 fully saturated rings. The molecule has 0 bridgehead atoms. The zero-order valence-corrected chi connectivity index (χ0v) is 14.2. The average molecular weight is 318 g/mol. The number of fused-ring (bicyclic) bond motifs is 1. The first-order valence-corrected chi connectivity index (χ1v) is 8.37. The van der Waals surface area contributed by atoms with E-state index in [-0.39, 0.29) is 11.6 Å². The van der Waals surface area contributed by atoms with E-state index in [0.717, 1.165) is 44.0 Å². The van der Waals surface area contributed by atoms with E-state index in [4.69, 9.17) is 9.47 Å². The average Bonchev–Trinajstić information content (AvgIpc) is 2.93. The number of hydrogen-bond acceptors (Lipinski definition) is 3. The number of carbonyl (C=O) groups excluding carboxylic acids is 1. The summed E-state index contributed by atoms with van der Waals surface area (Å²) in [5.41, 5.74) is 0.508. The van der Waals surface area contributed by atoms with E-state index in [1.54, 1.807) is 0 Å². The molecule has 1 aromatic rings. The Hall–Kier alpha value is -1.75. The second-order valence-corrected chi connectivity index (χ2v) is 7.37. The molecule has 0 spiro atoms. The monoisotopic (exact) mass is 318 g/mol. The van der Waals surface area contributed by atoms with Crippen LogP contribution in [0.2, 0.25) is 0 Å². The lowest BCUT2D eigenvalue weighted by Crippen LogP contribution is -2.46. The summed E-state index contributed by atoms with van der Waals surface area (Å²) in [6.45, 7) is 8.39. The molecule has 2 aliphatic rings. The minimum atomic E-state index is -0.257. The molecule has 0 aromatic heterocycles. The number of anilines is 1. The number of nitrogens with zero attached hydrogens (tertiary/aromatic N) is 1. The summed E-state index contributed by atoms with van der Waals surface area (Å²) in [7, 11) is 0. The van der Waals surface area contributed by atoms with Crippen molar-refractivity contribution in [2.45, 2.75) is 45.3 Å². The molecule has 2 saturated heterocycles. The van der Waals surface area contributed by atoms with Crippen LogP contribution in [0.25, 0.3) is 0 Å². The number of piperidine rings is 1. The highest BCUT2D eigenvalue weighted by molar-refractivity contribution is 5.89. The minimum Gasteiger partial charge on any atom is -0.488 e. The van der Waals surface area contributed by atoms with Crippen LogP contribution in [0.3, 0.4) is 0 Å². The Morgan fingerprint density at radius 2 is 2.17 bits per heavy atom. The predicted molar refractivity (Wildman–Crippen MR) is 89.9 cm³/mol. The van der Waals surface area contributed by atoms with Gasteiger partial charge in [-0.2, -0.15) is 0 Å². The summed E-state index contributed by atoms with van der Waals surface area (Å²) in [6.07, 6.45) is 2.34. The van der Waals surface area contributed by atoms with E-state index >= 15 is 0 Å². The second kappa shape index (κ2) is 6.40. The van der Waals surface area contributed by atoms with Gasteiger partial charge in [0.2, 0.25) is 0 Å². The number of carbonyl (C=O) groups is 1. The lowest BCUT2D eigenvalue weighted by Gasteiger charge is -2.34. The van der Waals surface area contributed by atoms with Gasteiger partial charge in [-0.15, -0.1) is 0 Å². The number of hydrogen-bond donors (Lipinski definition) is 1.